The van der Waals surface area contributed by atoms with Crippen molar-refractivity contribution in [1.29, 1.82) is 0 Å². The Morgan fingerprint density at radius 1 is 0.375 bits per heavy atom. The Hall–Kier alpha value is -1.66. The highest BCUT2D eigenvalue weighted by Crippen LogP contribution is 2.18. The van der Waals surface area contributed by atoms with Gasteiger partial charge in [-0.15, -0.1) is 0 Å². The van der Waals surface area contributed by atoms with Crippen molar-refractivity contribution in [2.45, 2.75) is 373 Å². The second-order valence-corrected chi connectivity index (χ2v) is 22.4. The topological polar surface area (TPSA) is 95.9 Å². The highest BCUT2D eigenvalue weighted by atomic mass is 16.5. The van der Waals surface area contributed by atoms with Crippen molar-refractivity contribution in [2.75, 3.05) is 13.2 Å². The van der Waals surface area contributed by atoms with E-state index in [4.69, 9.17) is 4.74 Å². The molecule has 0 saturated carbocycles. The van der Waals surface area contributed by atoms with Crippen LogP contribution in [0, 0.1) is 0 Å². The molecule has 72 heavy (non-hydrogen) atoms. The molecule has 0 radical (unpaired) electrons. The number of allylic oxidation sites excluding steroid dienone is 4. The van der Waals surface area contributed by atoms with E-state index in [9.17, 15) is 19.8 Å². The highest BCUT2D eigenvalue weighted by Gasteiger charge is 2.20. The smallest absolute Gasteiger partial charge is 0.305 e. The number of aliphatic hydroxyl groups is 2. The third kappa shape index (κ3) is 57.6. The van der Waals surface area contributed by atoms with E-state index in [0.29, 0.717) is 25.9 Å². The molecule has 0 rings (SSSR count). The summed E-state index contributed by atoms with van der Waals surface area (Å²) in [5.41, 5.74) is 0. The highest BCUT2D eigenvalue weighted by molar-refractivity contribution is 5.76. The van der Waals surface area contributed by atoms with Crippen LogP contribution in [0.15, 0.2) is 24.3 Å². The van der Waals surface area contributed by atoms with Crippen molar-refractivity contribution < 1.29 is 24.5 Å². The van der Waals surface area contributed by atoms with Crippen LogP contribution in [-0.4, -0.2) is 47.4 Å². The summed E-state index contributed by atoms with van der Waals surface area (Å²) < 4.78 is 5.46. The monoisotopic (exact) mass is 1010 g/mol. The van der Waals surface area contributed by atoms with E-state index in [-0.39, 0.29) is 18.5 Å². The summed E-state index contributed by atoms with van der Waals surface area (Å²) in [4.78, 5) is 24.5. The molecule has 3 N–H and O–H groups in total. The third-order valence-corrected chi connectivity index (χ3v) is 15.2. The first-order chi connectivity index (χ1) is 35.5. The molecule has 0 aliphatic carbocycles. The first-order valence-electron chi connectivity index (χ1n) is 32.6. The van der Waals surface area contributed by atoms with Gasteiger partial charge in [0.2, 0.25) is 5.91 Å². The zero-order chi connectivity index (χ0) is 52.2. The molecule has 6 nitrogen and oxygen atoms in total. The van der Waals surface area contributed by atoms with Crippen molar-refractivity contribution >= 4 is 11.9 Å². The second kappa shape index (κ2) is 61.9. The molecule has 2 atom stereocenters. The fourth-order valence-corrected chi connectivity index (χ4v) is 10.2. The van der Waals surface area contributed by atoms with Crippen LogP contribution in [0.25, 0.3) is 0 Å². The molecular formula is C66H127NO5. The van der Waals surface area contributed by atoms with Crippen LogP contribution in [0.4, 0.5) is 0 Å². The van der Waals surface area contributed by atoms with Crippen molar-refractivity contribution in [3.63, 3.8) is 0 Å². The maximum absolute atomic E-state index is 12.5. The number of unbranched alkanes of at least 4 members (excludes halogenated alkanes) is 46. The molecule has 0 aromatic carbocycles. The number of ether oxygens (including phenoxy) is 1. The number of nitrogens with one attached hydrogen (secondary N) is 1. The molecule has 0 heterocycles. The molecule has 0 aliphatic rings. The van der Waals surface area contributed by atoms with Crippen LogP contribution in [0.3, 0.4) is 0 Å². The predicted molar refractivity (Wildman–Crippen MR) is 315 cm³/mol. The number of carbonyl (C=O) groups excluding carboxylic acids is 2. The lowest BCUT2D eigenvalue weighted by Gasteiger charge is -2.22. The van der Waals surface area contributed by atoms with Crippen LogP contribution in [0.1, 0.15) is 361 Å². The van der Waals surface area contributed by atoms with Crippen molar-refractivity contribution in [2.24, 2.45) is 0 Å². The fourth-order valence-electron chi connectivity index (χ4n) is 10.2. The van der Waals surface area contributed by atoms with Gasteiger partial charge in [-0.2, -0.15) is 0 Å². The SMILES string of the molecule is CCCC/C=C\CCCCCCCC(=O)OCCCCCCCCCCCCC/C=C\CCCCCCCCCC(=O)NC(CO)C(O)CCCCCCCCCCCCCCCCCCCCCCCC. The summed E-state index contributed by atoms with van der Waals surface area (Å²) in [5.74, 6) is -0.0389. The molecule has 0 aromatic heterocycles. The van der Waals surface area contributed by atoms with E-state index in [1.165, 1.54) is 283 Å². The molecule has 0 aliphatic heterocycles. The summed E-state index contributed by atoms with van der Waals surface area (Å²) in [6.45, 7) is 4.94. The summed E-state index contributed by atoms with van der Waals surface area (Å²) in [7, 11) is 0. The molecule has 0 fully saturated rings. The normalized spacial score (nSPS) is 12.7. The zero-order valence-corrected chi connectivity index (χ0v) is 48.7. The van der Waals surface area contributed by atoms with E-state index in [0.717, 1.165) is 44.9 Å². The summed E-state index contributed by atoms with van der Waals surface area (Å²) >= 11 is 0. The Kier molecular flexibility index (Phi) is 60.5. The van der Waals surface area contributed by atoms with Crippen molar-refractivity contribution in [3.05, 3.63) is 24.3 Å². The van der Waals surface area contributed by atoms with Crippen LogP contribution >= 0.6 is 0 Å². The Morgan fingerprint density at radius 3 is 1.03 bits per heavy atom. The van der Waals surface area contributed by atoms with Crippen LogP contribution in [0.5, 0.6) is 0 Å². The minimum atomic E-state index is -0.670. The largest absolute Gasteiger partial charge is 0.466 e. The molecule has 0 aromatic rings. The predicted octanol–water partition coefficient (Wildman–Crippen LogP) is 20.6. The van der Waals surface area contributed by atoms with Crippen molar-refractivity contribution in [3.8, 4) is 0 Å². The maximum atomic E-state index is 12.5. The van der Waals surface area contributed by atoms with Crippen LogP contribution < -0.4 is 5.32 Å². The Bertz CT molecular complexity index is 1120. The van der Waals surface area contributed by atoms with E-state index in [2.05, 4.69) is 43.5 Å². The number of rotatable bonds is 61. The quantitative estimate of drug-likeness (QED) is 0.0320. The zero-order valence-electron chi connectivity index (χ0n) is 48.7. The van der Waals surface area contributed by atoms with Gasteiger partial charge in [0.15, 0.2) is 0 Å². The molecule has 6 heteroatoms. The van der Waals surface area contributed by atoms with Gasteiger partial charge in [0.05, 0.1) is 25.4 Å². The van der Waals surface area contributed by atoms with Gasteiger partial charge in [-0.05, 0) is 70.6 Å². The average Bonchev–Trinajstić information content (AvgIpc) is 3.38. The summed E-state index contributed by atoms with van der Waals surface area (Å²) in [6.07, 6.45) is 76.3. The first kappa shape index (κ1) is 70.3. The third-order valence-electron chi connectivity index (χ3n) is 15.2. The Balaban J connectivity index is 3.42. The van der Waals surface area contributed by atoms with Gasteiger partial charge < -0.3 is 20.3 Å². The first-order valence-corrected chi connectivity index (χ1v) is 32.6. The summed E-state index contributed by atoms with van der Waals surface area (Å²) in [6, 6.07) is -0.547. The lowest BCUT2D eigenvalue weighted by atomic mass is 10.0. The van der Waals surface area contributed by atoms with Gasteiger partial charge in [0.25, 0.3) is 0 Å². The molecule has 0 spiro atoms. The minimum absolute atomic E-state index is 0.000572. The van der Waals surface area contributed by atoms with E-state index in [1.807, 2.05) is 0 Å². The molecule has 426 valence electrons. The molecule has 2 unspecified atom stereocenters. The lowest BCUT2D eigenvalue weighted by Crippen LogP contribution is -2.45. The molecular weight excluding hydrogens is 887 g/mol. The summed E-state index contributed by atoms with van der Waals surface area (Å²) in [5, 5.41) is 23.4. The van der Waals surface area contributed by atoms with E-state index < -0.39 is 12.1 Å². The van der Waals surface area contributed by atoms with Crippen molar-refractivity contribution in [1.82, 2.24) is 5.32 Å². The number of esters is 1. The van der Waals surface area contributed by atoms with E-state index in [1.54, 1.807) is 0 Å². The Labute approximate surface area is 450 Å². The van der Waals surface area contributed by atoms with Gasteiger partial charge in [-0.25, -0.2) is 0 Å². The van der Waals surface area contributed by atoms with Gasteiger partial charge in [-0.1, -0.05) is 301 Å². The number of aliphatic hydroxyl groups excluding tert-OH is 2. The van der Waals surface area contributed by atoms with E-state index >= 15 is 0 Å². The maximum Gasteiger partial charge on any atom is 0.305 e. The number of amides is 1. The standard InChI is InChI=1S/C66H127NO5/c1-3-5-7-9-11-13-15-16-17-18-19-20-23-26-29-32-35-39-42-46-50-54-58-64(69)63(62-68)67-65(70)59-55-51-47-43-40-36-33-30-27-24-21-22-25-28-31-34-37-41-45-49-53-57-61-72-66(71)60-56-52-48-44-38-14-12-10-8-6-4-2/h10,12,24,27,63-64,68-69H,3-9,11,13-23,25-26,28-62H2,1-2H3,(H,67,70)/b12-10-,27-24-. The number of carbonyl (C=O) groups is 2. The second-order valence-electron chi connectivity index (χ2n) is 22.4. The van der Waals surface area contributed by atoms with Crippen LogP contribution in [0.2, 0.25) is 0 Å². The van der Waals surface area contributed by atoms with Gasteiger partial charge in [0.1, 0.15) is 0 Å². The van der Waals surface area contributed by atoms with Crippen LogP contribution in [-0.2, 0) is 14.3 Å². The molecule has 1 amide bonds. The minimum Gasteiger partial charge on any atom is -0.466 e. The molecule has 0 saturated heterocycles. The number of hydrogen-bond donors (Lipinski definition) is 3. The lowest BCUT2D eigenvalue weighted by molar-refractivity contribution is -0.143. The van der Waals surface area contributed by atoms with Gasteiger partial charge in [0, 0.05) is 12.8 Å². The number of hydrogen-bond acceptors (Lipinski definition) is 5. The molecule has 0 bridgehead atoms. The fraction of sp³-hybridized carbons (Fsp3) is 0.909. The van der Waals surface area contributed by atoms with Gasteiger partial charge >= 0.3 is 5.97 Å². The van der Waals surface area contributed by atoms with Gasteiger partial charge in [-0.3, -0.25) is 9.59 Å². The Morgan fingerprint density at radius 2 is 0.667 bits per heavy atom. The average molecular weight is 1010 g/mol.